The summed E-state index contributed by atoms with van der Waals surface area (Å²) in [6, 6.07) is 8.13. The van der Waals surface area contributed by atoms with Crippen molar-refractivity contribution in [2.24, 2.45) is 5.41 Å². The lowest BCUT2D eigenvalue weighted by Crippen LogP contribution is -2.26. The van der Waals surface area contributed by atoms with Gasteiger partial charge >= 0.3 is 5.97 Å². The Morgan fingerprint density at radius 2 is 1.95 bits per heavy atom. The molecule has 3 heteroatoms. The van der Waals surface area contributed by atoms with Gasteiger partial charge in [0.25, 0.3) is 0 Å². The summed E-state index contributed by atoms with van der Waals surface area (Å²) in [5.74, 6) is -0.913. The Hall–Kier alpha value is -1.77. The highest BCUT2D eigenvalue weighted by Crippen LogP contribution is 2.38. The van der Waals surface area contributed by atoms with Crippen molar-refractivity contribution in [3.05, 3.63) is 35.9 Å². The lowest BCUT2D eigenvalue weighted by molar-refractivity contribution is -0.131. The van der Waals surface area contributed by atoms with Gasteiger partial charge in [-0.2, -0.15) is 0 Å². The molecule has 108 valence electrons. The van der Waals surface area contributed by atoms with E-state index in [1.165, 1.54) is 31.0 Å². The highest BCUT2D eigenvalue weighted by molar-refractivity contribution is 5.85. The predicted molar refractivity (Wildman–Crippen MR) is 83.0 cm³/mol. The summed E-state index contributed by atoms with van der Waals surface area (Å²) in [5.41, 5.74) is 2.64. The second-order valence-electron chi connectivity index (χ2n) is 5.64. The van der Waals surface area contributed by atoms with Gasteiger partial charge in [0.2, 0.25) is 0 Å². The molecule has 0 unspecified atom stereocenters. The third-order valence-electron chi connectivity index (χ3n) is 4.61. The topological polar surface area (TPSA) is 40.5 Å². The molecule has 1 aromatic carbocycles. The lowest BCUT2D eigenvalue weighted by Gasteiger charge is -2.27. The van der Waals surface area contributed by atoms with Crippen molar-refractivity contribution in [1.29, 1.82) is 0 Å². The molecule has 0 bridgehead atoms. The van der Waals surface area contributed by atoms with Gasteiger partial charge in [-0.1, -0.05) is 26.0 Å². The second kappa shape index (κ2) is 6.12. The maximum atomic E-state index is 10.5. The van der Waals surface area contributed by atoms with E-state index in [4.69, 9.17) is 5.11 Å². The largest absolute Gasteiger partial charge is 0.478 e. The maximum Gasteiger partial charge on any atom is 0.328 e. The van der Waals surface area contributed by atoms with Crippen LogP contribution in [0.15, 0.2) is 30.3 Å². The molecule has 0 amide bonds. The van der Waals surface area contributed by atoms with E-state index in [2.05, 4.69) is 30.9 Å². The van der Waals surface area contributed by atoms with Gasteiger partial charge in [-0.05, 0) is 48.4 Å². The van der Waals surface area contributed by atoms with Crippen LogP contribution in [0.3, 0.4) is 0 Å². The van der Waals surface area contributed by atoms with E-state index in [1.54, 1.807) is 6.08 Å². The zero-order chi connectivity index (χ0) is 14.6. The van der Waals surface area contributed by atoms with Crippen molar-refractivity contribution in [3.8, 4) is 0 Å². The Balaban J connectivity index is 2.06. The van der Waals surface area contributed by atoms with Crippen LogP contribution in [0.4, 0.5) is 5.69 Å². The molecular weight excluding hydrogens is 250 g/mol. The summed E-state index contributed by atoms with van der Waals surface area (Å²) < 4.78 is 0. The predicted octanol–water partition coefficient (Wildman–Crippen LogP) is 3.80. The SMILES string of the molecule is CCC1(CC)CCN(c2ccc(/C=C/C(=O)O)cc2)C1. The number of carboxylic acid groups (broad SMARTS) is 1. The molecular formula is C17H23NO2. The van der Waals surface area contributed by atoms with Gasteiger partial charge in [-0.3, -0.25) is 0 Å². The number of carbonyl (C=O) groups is 1. The van der Waals surface area contributed by atoms with Gasteiger partial charge in [0.1, 0.15) is 0 Å². The van der Waals surface area contributed by atoms with E-state index in [1.807, 2.05) is 12.1 Å². The van der Waals surface area contributed by atoms with Gasteiger partial charge in [-0.25, -0.2) is 4.79 Å². The van der Waals surface area contributed by atoms with Crippen LogP contribution in [0.2, 0.25) is 0 Å². The molecule has 1 aliphatic heterocycles. The van der Waals surface area contributed by atoms with Crippen LogP contribution < -0.4 is 4.90 Å². The van der Waals surface area contributed by atoms with Crippen LogP contribution in [0.25, 0.3) is 6.08 Å². The minimum Gasteiger partial charge on any atom is -0.478 e. The number of benzene rings is 1. The minimum atomic E-state index is -0.913. The van der Waals surface area contributed by atoms with Crippen molar-refractivity contribution in [2.45, 2.75) is 33.1 Å². The van der Waals surface area contributed by atoms with Gasteiger partial charge in [0.15, 0.2) is 0 Å². The van der Waals surface area contributed by atoms with Crippen LogP contribution in [0.1, 0.15) is 38.7 Å². The number of carboxylic acids is 1. The summed E-state index contributed by atoms with van der Waals surface area (Å²) in [7, 11) is 0. The summed E-state index contributed by atoms with van der Waals surface area (Å²) >= 11 is 0. The molecule has 1 aliphatic rings. The summed E-state index contributed by atoms with van der Waals surface area (Å²) in [5, 5.41) is 8.62. The van der Waals surface area contributed by atoms with Gasteiger partial charge in [0.05, 0.1) is 0 Å². The zero-order valence-electron chi connectivity index (χ0n) is 12.3. The van der Waals surface area contributed by atoms with Crippen molar-refractivity contribution in [1.82, 2.24) is 0 Å². The summed E-state index contributed by atoms with van der Waals surface area (Å²) in [6.45, 7) is 6.82. The Bertz CT molecular complexity index is 486. The van der Waals surface area contributed by atoms with E-state index in [9.17, 15) is 4.79 Å². The number of hydrogen-bond acceptors (Lipinski definition) is 2. The molecule has 0 aliphatic carbocycles. The lowest BCUT2D eigenvalue weighted by atomic mass is 9.82. The van der Waals surface area contributed by atoms with E-state index in [0.717, 1.165) is 18.7 Å². The first-order chi connectivity index (χ1) is 9.58. The molecule has 1 aromatic rings. The Kier molecular flexibility index (Phi) is 4.48. The maximum absolute atomic E-state index is 10.5. The van der Waals surface area contributed by atoms with Crippen molar-refractivity contribution >= 4 is 17.7 Å². The van der Waals surface area contributed by atoms with E-state index >= 15 is 0 Å². The fourth-order valence-corrected chi connectivity index (χ4v) is 2.95. The summed E-state index contributed by atoms with van der Waals surface area (Å²) in [4.78, 5) is 12.9. The molecule has 2 rings (SSSR count). The monoisotopic (exact) mass is 273 g/mol. The average Bonchev–Trinajstić information content (AvgIpc) is 2.91. The molecule has 1 N–H and O–H groups in total. The molecule has 1 heterocycles. The minimum absolute atomic E-state index is 0.474. The van der Waals surface area contributed by atoms with Crippen LogP contribution in [0, 0.1) is 5.41 Å². The van der Waals surface area contributed by atoms with Gasteiger partial charge in [-0.15, -0.1) is 0 Å². The van der Waals surface area contributed by atoms with Crippen LogP contribution in [-0.2, 0) is 4.79 Å². The third kappa shape index (κ3) is 3.21. The van der Waals surface area contributed by atoms with Crippen LogP contribution in [0.5, 0.6) is 0 Å². The quantitative estimate of drug-likeness (QED) is 0.829. The molecule has 3 nitrogen and oxygen atoms in total. The van der Waals surface area contributed by atoms with Gasteiger partial charge in [0, 0.05) is 24.9 Å². The highest BCUT2D eigenvalue weighted by Gasteiger charge is 2.34. The molecule has 1 fully saturated rings. The number of anilines is 1. The Morgan fingerprint density at radius 1 is 1.30 bits per heavy atom. The molecule has 0 atom stereocenters. The standard InChI is InChI=1S/C17H23NO2/c1-3-17(4-2)11-12-18(13-17)15-8-5-14(6-9-15)7-10-16(19)20/h5-10H,3-4,11-13H2,1-2H3,(H,19,20)/b10-7+. The molecule has 0 spiro atoms. The zero-order valence-corrected chi connectivity index (χ0v) is 12.3. The average molecular weight is 273 g/mol. The molecule has 0 radical (unpaired) electrons. The molecule has 0 saturated carbocycles. The second-order valence-corrected chi connectivity index (χ2v) is 5.64. The van der Waals surface area contributed by atoms with E-state index in [0.29, 0.717) is 5.41 Å². The fraction of sp³-hybridized carbons (Fsp3) is 0.471. The first kappa shape index (κ1) is 14.6. The van der Waals surface area contributed by atoms with Crippen LogP contribution >= 0.6 is 0 Å². The van der Waals surface area contributed by atoms with Crippen molar-refractivity contribution in [2.75, 3.05) is 18.0 Å². The first-order valence-corrected chi connectivity index (χ1v) is 7.34. The molecule has 20 heavy (non-hydrogen) atoms. The number of aliphatic carboxylic acids is 1. The van der Waals surface area contributed by atoms with Gasteiger partial charge < -0.3 is 10.0 Å². The number of rotatable bonds is 5. The third-order valence-corrected chi connectivity index (χ3v) is 4.61. The summed E-state index contributed by atoms with van der Waals surface area (Å²) in [6.07, 6.45) is 6.53. The van der Waals surface area contributed by atoms with E-state index < -0.39 is 5.97 Å². The smallest absolute Gasteiger partial charge is 0.328 e. The Labute approximate surface area is 120 Å². The van der Waals surface area contributed by atoms with E-state index in [-0.39, 0.29) is 0 Å². The number of nitrogens with zero attached hydrogens (tertiary/aromatic N) is 1. The highest BCUT2D eigenvalue weighted by atomic mass is 16.4. The van der Waals surface area contributed by atoms with Crippen LogP contribution in [-0.4, -0.2) is 24.2 Å². The van der Waals surface area contributed by atoms with Crippen molar-refractivity contribution < 1.29 is 9.90 Å². The first-order valence-electron chi connectivity index (χ1n) is 7.34. The fourth-order valence-electron chi connectivity index (χ4n) is 2.95. The normalized spacial score (nSPS) is 17.8. The van der Waals surface area contributed by atoms with Crippen molar-refractivity contribution in [3.63, 3.8) is 0 Å². The number of hydrogen-bond donors (Lipinski definition) is 1. The Morgan fingerprint density at radius 3 is 2.45 bits per heavy atom. The molecule has 0 aromatic heterocycles. The molecule has 1 saturated heterocycles.